The van der Waals surface area contributed by atoms with Crippen molar-refractivity contribution in [1.29, 1.82) is 0 Å². The Hall–Kier alpha value is -2.44. The third-order valence-corrected chi connectivity index (χ3v) is 5.76. The summed E-state index contributed by atoms with van der Waals surface area (Å²) in [5, 5.41) is 16.5. The zero-order valence-electron chi connectivity index (χ0n) is 16.2. The first kappa shape index (κ1) is 20.3. The number of piperidine rings is 1. The van der Waals surface area contributed by atoms with Gasteiger partial charge in [0.15, 0.2) is 0 Å². The van der Waals surface area contributed by atoms with E-state index in [4.69, 9.17) is 5.73 Å². The van der Waals surface area contributed by atoms with E-state index in [1.807, 2.05) is 12.1 Å². The van der Waals surface area contributed by atoms with Crippen molar-refractivity contribution >= 4 is 5.91 Å². The second-order valence-electron chi connectivity index (χ2n) is 7.58. The molecule has 2 aromatic rings. The summed E-state index contributed by atoms with van der Waals surface area (Å²) in [6.45, 7) is 2.85. The van der Waals surface area contributed by atoms with E-state index < -0.39 is 11.4 Å². The summed E-state index contributed by atoms with van der Waals surface area (Å²) < 4.78 is 0. The summed E-state index contributed by atoms with van der Waals surface area (Å²) >= 11 is 0. The smallest absolute Gasteiger partial charge is 0.242 e. The number of nitrogens with one attached hydrogen (secondary N) is 2. The standard InChI is InChI=1S/C22H30N4O2/c23-21(28)22(19-1-3-20(27)4-2-19,11-5-17-6-12-24-13-7-17)26-16-10-18-8-14-25-15-9-18/h1-4,6-7,12-13,18,25-27H,5,8-11,14-16H2,(H2,23,28). The lowest BCUT2D eigenvalue weighted by atomic mass is 9.83. The number of phenolic OH excluding ortho intramolecular Hbond substituents is 1. The number of hydrogen-bond donors (Lipinski definition) is 4. The van der Waals surface area contributed by atoms with Crippen molar-refractivity contribution in [2.24, 2.45) is 11.7 Å². The topological polar surface area (TPSA) is 100 Å². The first-order valence-corrected chi connectivity index (χ1v) is 10.0. The van der Waals surface area contributed by atoms with E-state index in [9.17, 15) is 9.90 Å². The van der Waals surface area contributed by atoms with Gasteiger partial charge in [-0.3, -0.25) is 15.1 Å². The molecule has 2 heterocycles. The first-order valence-electron chi connectivity index (χ1n) is 10.0. The van der Waals surface area contributed by atoms with Gasteiger partial charge in [0.1, 0.15) is 11.3 Å². The summed E-state index contributed by atoms with van der Waals surface area (Å²) in [6.07, 6.45) is 8.11. The Morgan fingerprint density at radius 2 is 1.86 bits per heavy atom. The van der Waals surface area contributed by atoms with Crippen molar-refractivity contribution in [1.82, 2.24) is 15.6 Å². The molecule has 5 N–H and O–H groups in total. The number of nitrogens with two attached hydrogens (primary N) is 1. The number of aryl methyl sites for hydroxylation is 1. The van der Waals surface area contributed by atoms with Crippen LogP contribution in [0.25, 0.3) is 0 Å². The molecule has 1 atom stereocenters. The van der Waals surface area contributed by atoms with Crippen LogP contribution in [0, 0.1) is 5.92 Å². The van der Waals surface area contributed by atoms with Crippen molar-refractivity contribution < 1.29 is 9.90 Å². The van der Waals surface area contributed by atoms with E-state index in [1.165, 1.54) is 12.8 Å². The molecule has 6 nitrogen and oxygen atoms in total. The molecule has 1 aliphatic heterocycles. The van der Waals surface area contributed by atoms with E-state index in [0.29, 0.717) is 18.8 Å². The largest absolute Gasteiger partial charge is 0.508 e. The van der Waals surface area contributed by atoms with E-state index in [0.717, 1.165) is 37.2 Å². The summed E-state index contributed by atoms with van der Waals surface area (Å²) in [4.78, 5) is 16.7. The molecular formula is C22H30N4O2. The lowest BCUT2D eigenvalue weighted by Gasteiger charge is -2.34. The molecular weight excluding hydrogens is 352 g/mol. The second kappa shape index (κ2) is 9.66. The van der Waals surface area contributed by atoms with Gasteiger partial charge in [-0.2, -0.15) is 0 Å². The minimum atomic E-state index is -0.968. The van der Waals surface area contributed by atoms with Gasteiger partial charge < -0.3 is 16.2 Å². The van der Waals surface area contributed by atoms with Gasteiger partial charge in [-0.05, 0) is 93.0 Å². The fourth-order valence-corrected chi connectivity index (χ4v) is 3.97. The van der Waals surface area contributed by atoms with Crippen LogP contribution in [0.1, 0.15) is 36.8 Å². The molecule has 1 aliphatic rings. The Kier molecular flexibility index (Phi) is 7.01. The predicted molar refractivity (Wildman–Crippen MR) is 110 cm³/mol. The highest BCUT2D eigenvalue weighted by Crippen LogP contribution is 2.29. The van der Waals surface area contributed by atoms with Gasteiger partial charge in [0.25, 0.3) is 0 Å². The predicted octanol–water partition coefficient (Wildman–Crippen LogP) is 2.08. The molecule has 3 rings (SSSR count). The highest BCUT2D eigenvalue weighted by Gasteiger charge is 2.37. The number of primary amides is 1. The minimum Gasteiger partial charge on any atom is -0.508 e. The van der Waals surface area contributed by atoms with Crippen LogP contribution in [-0.4, -0.2) is 35.6 Å². The number of amides is 1. The summed E-state index contributed by atoms with van der Waals surface area (Å²) in [5.41, 5.74) is 6.87. The minimum absolute atomic E-state index is 0.172. The Labute approximate surface area is 166 Å². The third-order valence-electron chi connectivity index (χ3n) is 5.76. The van der Waals surface area contributed by atoms with Gasteiger partial charge in [0.05, 0.1) is 0 Å². The molecule has 0 aliphatic carbocycles. The number of nitrogens with zero attached hydrogens (tertiary/aromatic N) is 1. The molecule has 150 valence electrons. The van der Waals surface area contributed by atoms with Crippen LogP contribution in [0.4, 0.5) is 0 Å². The number of rotatable bonds is 9. The van der Waals surface area contributed by atoms with Gasteiger partial charge in [0.2, 0.25) is 5.91 Å². The molecule has 1 saturated heterocycles. The van der Waals surface area contributed by atoms with Gasteiger partial charge in [-0.25, -0.2) is 0 Å². The number of aromatic hydroxyl groups is 1. The van der Waals surface area contributed by atoms with Crippen LogP contribution >= 0.6 is 0 Å². The number of pyridine rings is 1. The lowest BCUT2D eigenvalue weighted by Crippen LogP contribution is -2.53. The zero-order valence-corrected chi connectivity index (χ0v) is 16.2. The van der Waals surface area contributed by atoms with Crippen LogP contribution in [-0.2, 0) is 16.8 Å². The molecule has 0 bridgehead atoms. The quantitative estimate of drug-likeness (QED) is 0.532. The monoisotopic (exact) mass is 382 g/mol. The zero-order chi connectivity index (χ0) is 19.8. The maximum absolute atomic E-state index is 12.7. The summed E-state index contributed by atoms with van der Waals surface area (Å²) in [6, 6.07) is 10.7. The van der Waals surface area contributed by atoms with Gasteiger partial charge in [-0.1, -0.05) is 12.1 Å². The molecule has 28 heavy (non-hydrogen) atoms. The number of hydrogen-bond acceptors (Lipinski definition) is 5. The molecule has 1 aromatic carbocycles. The number of benzene rings is 1. The molecule has 6 heteroatoms. The first-order chi connectivity index (χ1) is 13.6. The maximum atomic E-state index is 12.7. The van der Waals surface area contributed by atoms with E-state index >= 15 is 0 Å². The summed E-state index contributed by atoms with van der Waals surface area (Å²) in [5.74, 6) is 0.447. The molecule has 0 saturated carbocycles. The van der Waals surface area contributed by atoms with Crippen molar-refractivity contribution in [3.8, 4) is 5.75 Å². The number of carbonyl (C=O) groups is 1. The Bertz CT molecular complexity index is 745. The number of aromatic nitrogens is 1. The van der Waals surface area contributed by atoms with Crippen molar-refractivity contribution in [2.45, 2.75) is 37.6 Å². The molecule has 1 fully saturated rings. The van der Waals surface area contributed by atoms with Crippen LogP contribution in [0.5, 0.6) is 5.75 Å². The van der Waals surface area contributed by atoms with Gasteiger partial charge >= 0.3 is 0 Å². The normalized spacial score (nSPS) is 17.1. The van der Waals surface area contributed by atoms with Crippen LogP contribution in [0.2, 0.25) is 0 Å². The van der Waals surface area contributed by atoms with E-state index in [1.54, 1.807) is 36.7 Å². The van der Waals surface area contributed by atoms with Gasteiger partial charge in [-0.15, -0.1) is 0 Å². The summed E-state index contributed by atoms with van der Waals surface area (Å²) in [7, 11) is 0. The van der Waals surface area contributed by atoms with Crippen LogP contribution < -0.4 is 16.4 Å². The van der Waals surface area contributed by atoms with Crippen molar-refractivity contribution in [2.75, 3.05) is 19.6 Å². The molecule has 0 radical (unpaired) electrons. The van der Waals surface area contributed by atoms with E-state index in [-0.39, 0.29) is 5.75 Å². The average molecular weight is 383 g/mol. The van der Waals surface area contributed by atoms with Crippen molar-refractivity contribution in [3.63, 3.8) is 0 Å². The van der Waals surface area contributed by atoms with Gasteiger partial charge in [0, 0.05) is 12.4 Å². The highest BCUT2D eigenvalue weighted by atomic mass is 16.3. The average Bonchev–Trinajstić information content (AvgIpc) is 2.72. The molecule has 1 amide bonds. The third kappa shape index (κ3) is 5.09. The fourth-order valence-electron chi connectivity index (χ4n) is 3.97. The maximum Gasteiger partial charge on any atom is 0.242 e. The van der Waals surface area contributed by atoms with Crippen LogP contribution in [0.15, 0.2) is 48.8 Å². The van der Waals surface area contributed by atoms with Crippen LogP contribution in [0.3, 0.4) is 0 Å². The second-order valence-corrected chi connectivity index (χ2v) is 7.58. The Morgan fingerprint density at radius 3 is 2.50 bits per heavy atom. The number of phenols is 1. The highest BCUT2D eigenvalue weighted by molar-refractivity contribution is 5.86. The SMILES string of the molecule is NC(=O)C(CCc1ccncc1)(NCCC1CCNCC1)c1ccc(O)cc1. The Balaban J connectivity index is 1.77. The lowest BCUT2D eigenvalue weighted by molar-refractivity contribution is -0.125. The molecule has 1 unspecified atom stereocenters. The Morgan fingerprint density at radius 1 is 1.18 bits per heavy atom. The fraction of sp³-hybridized carbons (Fsp3) is 0.455. The number of carbonyl (C=O) groups excluding carboxylic acids is 1. The molecule has 0 spiro atoms. The molecule has 1 aromatic heterocycles. The van der Waals surface area contributed by atoms with Crippen molar-refractivity contribution in [3.05, 3.63) is 59.9 Å². The van der Waals surface area contributed by atoms with E-state index in [2.05, 4.69) is 15.6 Å².